The van der Waals surface area contributed by atoms with Crippen molar-refractivity contribution < 1.29 is 32.4 Å². The maximum Gasteiger partial charge on any atom is 0.424 e. The van der Waals surface area contributed by atoms with Crippen LogP contribution in [-0.2, 0) is 5.60 Å². The molecule has 1 amide bonds. The van der Waals surface area contributed by atoms with Gasteiger partial charge >= 0.3 is 6.18 Å². The van der Waals surface area contributed by atoms with Crippen LogP contribution in [0.25, 0.3) is 0 Å². The third-order valence-electron chi connectivity index (χ3n) is 3.80. The Bertz CT molecular complexity index is 868. The van der Waals surface area contributed by atoms with E-state index < -0.39 is 41.3 Å². The first-order valence-corrected chi connectivity index (χ1v) is 7.91. The van der Waals surface area contributed by atoms with Crippen LogP contribution in [0.15, 0.2) is 34.7 Å². The number of nitrogens with one attached hydrogen (secondary N) is 1. The number of rotatable bonds is 6. The Hall–Kier alpha value is -2.59. The zero-order valence-electron chi connectivity index (χ0n) is 13.8. The fraction of sp³-hybridized carbons (Fsp3) is 0.312. The number of carbonyl (C=O) groups is 1. The van der Waals surface area contributed by atoms with E-state index in [0.717, 1.165) is 24.3 Å². The Morgan fingerprint density at radius 2 is 2.00 bits per heavy atom. The molecule has 2 aromatic rings. The van der Waals surface area contributed by atoms with E-state index in [4.69, 9.17) is 16.0 Å². The molecule has 1 aromatic carbocycles. The van der Waals surface area contributed by atoms with Gasteiger partial charge in [-0.25, -0.2) is 0 Å². The highest BCUT2D eigenvalue weighted by molar-refractivity contribution is 6.34. The molecule has 11 heteroatoms. The van der Waals surface area contributed by atoms with Gasteiger partial charge < -0.3 is 14.8 Å². The van der Waals surface area contributed by atoms with Crippen molar-refractivity contribution in [1.29, 1.82) is 0 Å². The summed E-state index contributed by atoms with van der Waals surface area (Å²) < 4.78 is 44.9. The van der Waals surface area contributed by atoms with Crippen molar-refractivity contribution in [2.45, 2.75) is 25.1 Å². The average Bonchev–Trinajstić information content (AvgIpc) is 3.00. The zero-order chi connectivity index (χ0) is 20.4. The number of nitro groups is 1. The van der Waals surface area contributed by atoms with Crippen LogP contribution in [0.4, 0.5) is 18.9 Å². The Balaban J connectivity index is 2.11. The summed E-state index contributed by atoms with van der Waals surface area (Å²) in [5.41, 5.74) is -3.77. The number of alkyl halides is 3. The number of nitrogens with zero attached hydrogens (tertiary/aromatic N) is 1. The van der Waals surface area contributed by atoms with Crippen molar-refractivity contribution in [3.8, 4) is 0 Å². The van der Waals surface area contributed by atoms with Gasteiger partial charge in [-0.3, -0.25) is 14.9 Å². The first-order valence-electron chi connectivity index (χ1n) is 7.54. The van der Waals surface area contributed by atoms with Crippen molar-refractivity contribution in [2.75, 3.05) is 6.54 Å². The zero-order valence-corrected chi connectivity index (χ0v) is 14.6. The molecular weight excluding hydrogens is 393 g/mol. The maximum atomic E-state index is 13.3. The van der Waals surface area contributed by atoms with Crippen LogP contribution < -0.4 is 5.32 Å². The summed E-state index contributed by atoms with van der Waals surface area (Å²) in [6.45, 7) is 0.876. The summed E-state index contributed by atoms with van der Waals surface area (Å²) in [6.07, 6.45) is -5.94. The molecule has 0 saturated heterocycles. The first kappa shape index (κ1) is 20.7. The number of amides is 1. The van der Waals surface area contributed by atoms with Crippen LogP contribution in [0.1, 0.15) is 28.3 Å². The van der Waals surface area contributed by atoms with Crippen LogP contribution >= 0.6 is 11.6 Å². The Morgan fingerprint density at radius 3 is 2.48 bits per heavy atom. The quantitative estimate of drug-likeness (QED) is 0.561. The van der Waals surface area contributed by atoms with Crippen LogP contribution in [0, 0.1) is 17.0 Å². The lowest BCUT2D eigenvalue weighted by molar-refractivity contribution is -0.384. The van der Waals surface area contributed by atoms with Gasteiger partial charge in [0.05, 0.1) is 15.5 Å². The number of furan rings is 1. The van der Waals surface area contributed by atoms with E-state index in [1.54, 1.807) is 0 Å². The third-order valence-corrected chi connectivity index (χ3v) is 4.11. The van der Waals surface area contributed by atoms with Gasteiger partial charge in [0.1, 0.15) is 11.5 Å². The predicted octanol–water partition coefficient (Wildman–Crippen LogP) is 3.72. The molecule has 0 spiro atoms. The highest BCUT2D eigenvalue weighted by Gasteiger charge is 2.56. The Morgan fingerprint density at radius 1 is 1.33 bits per heavy atom. The molecule has 1 atom stereocenters. The molecule has 0 aliphatic heterocycles. The lowest BCUT2D eigenvalue weighted by Crippen LogP contribution is -2.44. The first-order chi connectivity index (χ1) is 12.5. The minimum atomic E-state index is -5.03. The smallest absolute Gasteiger partial charge is 0.424 e. The van der Waals surface area contributed by atoms with Gasteiger partial charge in [0.2, 0.25) is 5.60 Å². The molecule has 1 aromatic heterocycles. The summed E-state index contributed by atoms with van der Waals surface area (Å²) in [5, 5.41) is 22.7. The molecule has 0 saturated carbocycles. The molecular formula is C16H14ClF3N2O5. The second-order valence-electron chi connectivity index (χ2n) is 5.70. The summed E-state index contributed by atoms with van der Waals surface area (Å²) in [4.78, 5) is 22.0. The van der Waals surface area contributed by atoms with Crippen LogP contribution in [0.2, 0.25) is 5.02 Å². The van der Waals surface area contributed by atoms with E-state index >= 15 is 0 Å². The van der Waals surface area contributed by atoms with Gasteiger partial charge in [0.15, 0.2) is 0 Å². The second-order valence-corrected chi connectivity index (χ2v) is 6.10. The van der Waals surface area contributed by atoms with E-state index in [2.05, 4.69) is 5.32 Å². The lowest BCUT2D eigenvalue weighted by Gasteiger charge is -2.28. The summed E-state index contributed by atoms with van der Waals surface area (Å²) in [6, 6.07) is 5.37. The molecule has 7 nitrogen and oxygen atoms in total. The fourth-order valence-corrected chi connectivity index (χ4v) is 2.58. The number of aryl methyl sites for hydroxylation is 1. The third kappa shape index (κ3) is 4.40. The van der Waals surface area contributed by atoms with E-state index in [-0.39, 0.29) is 22.0 Å². The monoisotopic (exact) mass is 406 g/mol. The highest BCUT2D eigenvalue weighted by Crippen LogP contribution is 2.42. The van der Waals surface area contributed by atoms with Crippen LogP contribution in [0.5, 0.6) is 0 Å². The highest BCUT2D eigenvalue weighted by atomic mass is 35.5. The molecule has 0 bridgehead atoms. The van der Waals surface area contributed by atoms with Crippen LogP contribution in [-0.4, -0.2) is 28.7 Å². The van der Waals surface area contributed by atoms with Crippen LogP contribution in [0.3, 0.4) is 0 Å². The average molecular weight is 407 g/mol. The number of aliphatic hydroxyl groups is 1. The van der Waals surface area contributed by atoms with E-state index in [9.17, 15) is 33.2 Å². The molecule has 27 heavy (non-hydrogen) atoms. The normalized spacial score (nSPS) is 13.9. The van der Waals surface area contributed by atoms with Gasteiger partial charge in [-0.1, -0.05) is 11.6 Å². The maximum absolute atomic E-state index is 13.3. The van der Waals surface area contributed by atoms with Gasteiger partial charge in [0, 0.05) is 25.1 Å². The van der Waals surface area contributed by atoms with Gasteiger partial charge in [-0.2, -0.15) is 13.2 Å². The largest absolute Gasteiger partial charge is 0.463 e. The summed E-state index contributed by atoms with van der Waals surface area (Å²) in [7, 11) is 0. The molecule has 0 unspecified atom stereocenters. The Kier molecular flexibility index (Phi) is 5.81. The van der Waals surface area contributed by atoms with E-state index in [1.807, 2.05) is 0 Å². The molecule has 0 aliphatic carbocycles. The molecule has 146 valence electrons. The van der Waals surface area contributed by atoms with Crippen molar-refractivity contribution in [3.05, 3.63) is 62.6 Å². The molecule has 2 rings (SSSR count). The number of halogens is 4. The van der Waals surface area contributed by atoms with Crippen molar-refractivity contribution in [1.82, 2.24) is 5.32 Å². The van der Waals surface area contributed by atoms with Gasteiger partial charge in [-0.05, 0) is 25.1 Å². The molecule has 0 aliphatic rings. The second kappa shape index (κ2) is 7.57. The molecule has 0 fully saturated rings. The topological polar surface area (TPSA) is 106 Å². The van der Waals surface area contributed by atoms with Gasteiger partial charge in [-0.15, -0.1) is 0 Å². The number of hydrogen-bond donors (Lipinski definition) is 2. The number of hydrogen-bond acceptors (Lipinski definition) is 5. The standard InChI is InChI=1S/C16H14ClF3N2O5/c1-9-2-5-13(27-9)15(24,16(18,19)20)6-7-21-14(23)11-4-3-10(22(25)26)8-12(11)17/h2-5,8,24H,6-7H2,1H3,(H,21,23)/t15-/m0/s1. The lowest BCUT2D eigenvalue weighted by atomic mass is 9.95. The molecule has 0 radical (unpaired) electrons. The minimum Gasteiger partial charge on any atom is -0.463 e. The fourth-order valence-electron chi connectivity index (χ4n) is 2.32. The van der Waals surface area contributed by atoms with Crippen molar-refractivity contribution in [2.24, 2.45) is 0 Å². The van der Waals surface area contributed by atoms with Crippen molar-refractivity contribution in [3.63, 3.8) is 0 Å². The summed E-state index contributed by atoms with van der Waals surface area (Å²) >= 11 is 5.80. The van der Waals surface area contributed by atoms with Crippen molar-refractivity contribution >= 4 is 23.2 Å². The van der Waals surface area contributed by atoms with E-state index in [1.165, 1.54) is 13.0 Å². The summed E-state index contributed by atoms with van der Waals surface area (Å²) in [5.74, 6) is -1.33. The number of non-ortho nitro benzene ring substituents is 1. The number of benzene rings is 1. The Labute approximate surface area is 155 Å². The molecule has 1 heterocycles. The number of carbonyl (C=O) groups excluding carboxylic acids is 1. The SMILES string of the molecule is Cc1ccc([C@@](O)(CCNC(=O)c2ccc([N+](=O)[O-])cc2Cl)C(F)(F)F)o1. The predicted molar refractivity (Wildman–Crippen MR) is 88.5 cm³/mol. The van der Waals surface area contributed by atoms with Gasteiger partial charge in [0.25, 0.3) is 11.6 Å². The number of nitro benzene ring substituents is 1. The molecule has 2 N–H and O–H groups in total. The van der Waals surface area contributed by atoms with E-state index in [0.29, 0.717) is 0 Å². The minimum absolute atomic E-state index is 0.147.